The van der Waals surface area contributed by atoms with Gasteiger partial charge in [0.2, 0.25) is 0 Å². The van der Waals surface area contributed by atoms with E-state index in [1.165, 1.54) is 0 Å². The van der Waals surface area contributed by atoms with E-state index in [0.717, 1.165) is 48.0 Å². The molecule has 1 aliphatic heterocycles. The number of halogens is 1. The smallest absolute Gasteiger partial charge is 0.150 e. The van der Waals surface area contributed by atoms with E-state index in [1.54, 1.807) is 18.7 Å². The molecule has 6 heteroatoms. The first kappa shape index (κ1) is 12.9. The van der Waals surface area contributed by atoms with Crippen molar-refractivity contribution in [3.05, 3.63) is 36.0 Å². The van der Waals surface area contributed by atoms with Crippen molar-refractivity contribution < 1.29 is 9.15 Å². The molecule has 3 aromatic rings. The van der Waals surface area contributed by atoms with Crippen LogP contribution in [0.15, 0.2) is 35.3 Å². The number of rotatable bonds is 2. The number of pyridine rings is 1. The summed E-state index contributed by atoms with van der Waals surface area (Å²) in [7, 11) is 0. The lowest BCUT2D eigenvalue weighted by Crippen LogP contribution is -2.19. The van der Waals surface area contributed by atoms with Crippen LogP contribution >= 0.6 is 11.6 Å². The van der Waals surface area contributed by atoms with Crippen molar-refractivity contribution in [3.63, 3.8) is 0 Å². The summed E-state index contributed by atoms with van der Waals surface area (Å²) in [5, 5.41) is 6.15. The van der Waals surface area contributed by atoms with E-state index in [-0.39, 0.29) is 6.23 Å². The third-order valence-electron chi connectivity index (χ3n) is 3.78. The molecule has 21 heavy (non-hydrogen) atoms. The Morgan fingerprint density at radius 1 is 1.33 bits per heavy atom. The Morgan fingerprint density at radius 3 is 3.05 bits per heavy atom. The lowest BCUT2D eigenvalue weighted by molar-refractivity contribution is -0.0365. The van der Waals surface area contributed by atoms with Gasteiger partial charge in [0.05, 0.1) is 24.2 Å². The molecule has 0 aromatic carbocycles. The van der Waals surface area contributed by atoms with E-state index in [2.05, 4.69) is 4.98 Å². The zero-order chi connectivity index (χ0) is 14.2. The highest BCUT2D eigenvalue weighted by molar-refractivity contribution is 6.30. The van der Waals surface area contributed by atoms with Crippen LogP contribution in [0.25, 0.3) is 22.2 Å². The van der Waals surface area contributed by atoms with Gasteiger partial charge < -0.3 is 9.15 Å². The highest BCUT2D eigenvalue weighted by atomic mass is 35.5. The van der Waals surface area contributed by atoms with Crippen molar-refractivity contribution in [1.82, 2.24) is 14.8 Å². The molecule has 4 rings (SSSR count). The van der Waals surface area contributed by atoms with Gasteiger partial charge >= 0.3 is 0 Å². The topological polar surface area (TPSA) is 53.1 Å². The summed E-state index contributed by atoms with van der Waals surface area (Å²) >= 11 is 6.04. The normalized spacial score (nSPS) is 19.2. The first-order valence-corrected chi connectivity index (χ1v) is 7.38. The average molecular weight is 304 g/mol. The van der Waals surface area contributed by atoms with Gasteiger partial charge in [-0.3, -0.25) is 0 Å². The third-order valence-corrected chi connectivity index (χ3v) is 3.99. The maximum absolute atomic E-state index is 6.04. The Balaban J connectivity index is 1.91. The average Bonchev–Trinajstić information content (AvgIpc) is 3.14. The highest BCUT2D eigenvalue weighted by Gasteiger charge is 2.22. The van der Waals surface area contributed by atoms with Crippen molar-refractivity contribution >= 4 is 22.5 Å². The summed E-state index contributed by atoms with van der Waals surface area (Å²) in [5.74, 6) is 0. The second kappa shape index (κ2) is 5.16. The molecule has 1 atom stereocenters. The summed E-state index contributed by atoms with van der Waals surface area (Å²) in [4.78, 5) is 4.18. The van der Waals surface area contributed by atoms with Crippen molar-refractivity contribution in [1.29, 1.82) is 0 Å². The number of furan rings is 1. The SMILES string of the molecule is Clc1cc2c(-c3ccoc3)nn(C3CCCCO3)c2cn1. The molecule has 0 saturated carbocycles. The van der Waals surface area contributed by atoms with Crippen LogP contribution in [0.1, 0.15) is 25.5 Å². The highest BCUT2D eigenvalue weighted by Crippen LogP contribution is 2.33. The van der Waals surface area contributed by atoms with Gasteiger partial charge in [-0.05, 0) is 31.4 Å². The van der Waals surface area contributed by atoms with Gasteiger partial charge in [-0.15, -0.1) is 0 Å². The molecule has 0 aliphatic carbocycles. The van der Waals surface area contributed by atoms with Gasteiger partial charge in [0.1, 0.15) is 10.8 Å². The molecule has 1 saturated heterocycles. The summed E-state index contributed by atoms with van der Waals surface area (Å²) in [6.07, 6.45) is 8.26. The minimum absolute atomic E-state index is 0.0372. The summed E-state index contributed by atoms with van der Waals surface area (Å²) in [6.45, 7) is 0.772. The van der Waals surface area contributed by atoms with Crippen LogP contribution < -0.4 is 0 Å². The second-order valence-electron chi connectivity index (χ2n) is 5.15. The summed E-state index contributed by atoms with van der Waals surface area (Å²) in [6, 6.07) is 3.73. The molecule has 0 N–H and O–H groups in total. The molecule has 5 nitrogen and oxygen atoms in total. The molecular formula is C15H14ClN3O2. The van der Waals surface area contributed by atoms with Crippen LogP contribution in [0, 0.1) is 0 Å². The Kier molecular flexibility index (Phi) is 3.16. The fourth-order valence-corrected chi connectivity index (χ4v) is 2.92. The number of fused-ring (bicyclic) bond motifs is 1. The van der Waals surface area contributed by atoms with Crippen molar-refractivity contribution in [2.45, 2.75) is 25.5 Å². The van der Waals surface area contributed by atoms with E-state index in [4.69, 9.17) is 25.9 Å². The van der Waals surface area contributed by atoms with Gasteiger partial charge in [0, 0.05) is 17.6 Å². The molecule has 4 heterocycles. The van der Waals surface area contributed by atoms with Gasteiger partial charge in [0.15, 0.2) is 6.23 Å². The van der Waals surface area contributed by atoms with Gasteiger partial charge in [-0.1, -0.05) is 11.6 Å². The minimum Gasteiger partial charge on any atom is -0.472 e. The molecule has 3 aromatic heterocycles. The predicted octanol–water partition coefficient (Wildman–Crippen LogP) is 4.04. The summed E-state index contributed by atoms with van der Waals surface area (Å²) in [5.41, 5.74) is 2.71. The van der Waals surface area contributed by atoms with Crippen LogP contribution in [0.5, 0.6) is 0 Å². The number of ether oxygens (including phenoxy) is 1. The predicted molar refractivity (Wildman–Crippen MR) is 79.1 cm³/mol. The van der Waals surface area contributed by atoms with Crippen molar-refractivity contribution in [2.24, 2.45) is 0 Å². The Bertz CT molecular complexity index is 761. The molecule has 1 aliphatic rings. The molecule has 0 spiro atoms. The quantitative estimate of drug-likeness (QED) is 0.670. The van der Waals surface area contributed by atoms with Crippen LogP contribution in [-0.2, 0) is 4.74 Å². The molecule has 1 unspecified atom stereocenters. The fourth-order valence-electron chi connectivity index (χ4n) is 2.76. The van der Waals surface area contributed by atoms with E-state index in [9.17, 15) is 0 Å². The largest absolute Gasteiger partial charge is 0.472 e. The van der Waals surface area contributed by atoms with Gasteiger partial charge in [-0.25, -0.2) is 9.67 Å². The lowest BCUT2D eigenvalue weighted by Gasteiger charge is -2.23. The molecule has 0 amide bonds. The third kappa shape index (κ3) is 2.22. The fraction of sp³-hybridized carbons (Fsp3) is 0.333. The Hall–Kier alpha value is -1.85. The minimum atomic E-state index is -0.0372. The van der Waals surface area contributed by atoms with Crippen molar-refractivity contribution in [3.8, 4) is 11.3 Å². The van der Waals surface area contributed by atoms with E-state index in [0.29, 0.717) is 5.15 Å². The summed E-state index contributed by atoms with van der Waals surface area (Å²) < 4.78 is 12.9. The number of hydrogen-bond acceptors (Lipinski definition) is 4. The molecular weight excluding hydrogens is 290 g/mol. The first-order chi connectivity index (χ1) is 10.3. The maximum Gasteiger partial charge on any atom is 0.150 e. The number of hydrogen-bond donors (Lipinski definition) is 0. The number of nitrogens with zero attached hydrogens (tertiary/aromatic N) is 3. The van der Waals surface area contributed by atoms with E-state index in [1.807, 2.05) is 16.8 Å². The Labute approximate surface area is 126 Å². The standard InChI is InChI=1S/C15H14ClN3O2/c16-13-7-11-12(8-17-13)19(14-3-1-2-5-21-14)18-15(11)10-4-6-20-9-10/h4,6-9,14H,1-3,5H2. The zero-order valence-electron chi connectivity index (χ0n) is 11.3. The molecule has 108 valence electrons. The molecule has 1 fully saturated rings. The second-order valence-corrected chi connectivity index (χ2v) is 5.54. The monoisotopic (exact) mass is 303 g/mol. The van der Waals surface area contributed by atoms with Crippen LogP contribution in [0.2, 0.25) is 5.15 Å². The zero-order valence-corrected chi connectivity index (χ0v) is 12.1. The van der Waals surface area contributed by atoms with Crippen LogP contribution in [-0.4, -0.2) is 21.4 Å². The van der Waals surface area contributed by atoms with Crippen LogP contribution in [0.3, 0.4) is 0 Å². The number of aromatic nitrogens is 3. The van der Waals surface area contributed by atoms with Crippen LogP contribution in [0.4, 0.5) is 0 Å². The molecule has 0 bridgehead atoms. The Morgan fingerprint density at radius 2 is 2.29 bits per heavy atom. The lowest BCUT2D eigenvalue weighted by atomic mass is 10.1. The van der Waals surface area contributed by atoms with Gasteiger partial charge in [0.25, 0.3) is 0 Å². The maximum atomic E-state index is 6.04. The molecule has 0 radical (unpaired) electrons. The van der Waals surface area contributed by atoms with Crippen molar-refractivity contribution in [2.75, 3.05) is 6.61 Å². The first-order valence-electron chi connectivity index (χ1n) is 7.01. The van der Waals surface area contributed by atoms with Gasteiger partial charge in [-0.2, -0.15) is 5.10 Å². The van der Waals surface area contributed by atoms with E-state index >= 15 is 0 Å². The van der Waals surface area contributed by atoms with E-state index < -0.39 is 0 Å².